The van der Waals surface area contributed by atoms with Crippen LogP contribution in [-0.4, -0.2) is 29.0 Å². The Balaban J connectivity index is 1.64. The molecule has 1 aliphatic heterocycles. The highest BCUT2D eigenvalue weighted by atomic mass is 16.2. The van der Waals surface area contributed by atoms with Crippen molar-refractivity contribution < 1.29 is 9.59 Å². The summed E-state index contributed by atoms with van der Waals surface area (Å²) in [7, 11) is 0. The van der Waals surface area contributed by atoms with Crippen LogP contribution in [0.15, 0.2) is 48.8 Å². The van der Waals surface area contributed by atoms with E-state index in [1.165, 1.54) is 0 Å². The van der Waals surface area contributed by atoms with Crippen LogP contribution < -0.4 is 16.0 Å². The summed E-state index contributed by atoms with van der Waals surface area (Å²) in [6.07, 6.45) is 3.52. The molecule has 1 saturated heterocycles. The lowest BCUT2D eigenvalue weighted by molar-refractivity contribution is -0.132. The van der Waals surface area contributed by atoms with Crippen molar-refractivity contribution >= 4 is 11.8 Å². The normalized spacial score (nSPS) is 21.3. The van der Waals surface area contributed by atoms with Gasteiger partial charge in [0, 0.05) is 12.4 Å². The van der Waals surface area contributed by atoms with Gasteiger partial charge in [-0.2, -0.15) is 0 Å². The molecule has 3 atom stereocenters. The van der Waals surface area contributed by atoms with Gasteiger partial charge in [0.05, 0.1) is 24.7 Å². The van der Waals surface area contributed by atoms with E-state index in [0.29, 0.717) is 0 Å². The summed E-state index contributed by atoms with van der Waals surface area (Å²) >= 11 is 0. The zero-order valence-electron chi connectivity index (χ0n) is 14.3. The van der Waals surface area contributed by atoms with Crippen LogP contribution in [0.3, 0.4) is 0 Å². The molecule has 2 unspecified atom stereocenters. The first-order valence-electron chi connectivity index (χ1n) is 8.39. The minimum Gasteiger partial charge on any atom is -0.348 e. The molecule has 6 heteroatoms. The molecule has 0 saturated carbocycles. The molecule has 1 aromatic heterocycles. The van der Waals surface area contributed by atoms with Crippen molar-refractivity contribution in [1.29, 1.82) is 0 Å². The molecular formula is C19H22N4O2. The van der Waals surface area contributed by atoms with E-state index in [2.05, 4.69) is 20.9 Å². The molecule has 2 heterocycles. The molecule has 0 spiro atoms. The molecule has 1 aliphatic rings. The molecule has 1 aromatic carbocycles. The van der Waals surface area contributed by atoms with E-state index in [9.17, 15) is 9.59 Å². The highest BCUT2D eigenvalue weighted by Crippen LogP contribution is 2.21. The van der Waals surface area contributed by atoms with Gasteiger partial charge in [0.25, 0.3) is 0 Å². The third kappa shape index (κ3) is 4.22. The molecule has 2 amide bonds. The summed E-state index contributed by atoms with van der Waals surface area (Å²) in [6, 6.07) is 11.3. The first kappa shape index (κ1) is 17.1. The van der Waals surface area contributed by atoms with E-state index in [1.807, 2.05) is 56.4 Å². The van der Waals surface area contributed by atoms with Crippen LogP contribution in [0.5, 0.6) is 0 Å². The van der Waals surface area contributed by atoms with E-state index >= 15 is 0 Å². The van der Waals surface area contributed by atoms with E-state index < -0.39 is 6.04 Å². The quantitative estimate of drug-likeness (QED) is 0.793. The second-order valence-corrected chi connectivity index (χ2v) is 6.31. The van der Waals surface area contributed by atoms with E-state index in [1.54, 1.807) is 6.20 Å². The summed E-state index contributed by atoms with van der Waals surface area (Å²) in [5.74, 6) is -0.273. The lowest BCUT2D eigenvalue weighted by atomic mass is 10.0. The summed E-state index contributed by atoms with van der Waals surface area (Å²) in [4.78, 5) is 28.1. The first-order valence-corrected chi connectivity index (χ1v) is 8.39. The predicted octanol–water partition coefficient (Wildman–Crippen LogP) is 1.75. The van der Waals surface area contributed by atoms with Crippen LogP contribution in [0, 0.1) is 0 Å². The Kier molecular flexibility index (Phi) is 5.09. The molecule has 0 bridgehead atoms. The number of carbonyl (C=O) groups is 2. The second kappa shape index (κ2) is 7.44. The lowest BCUT2D eigenvalue weighted by Gasteiger charge is -2.29. The average Bonchev–Trinajstić information content (AvgIpc) is 2.61. The highest BCUT2D eigenvalue weighted by molar-refractivity contribution is 5.89. The molecular weight excluding hydrogens is 316 g/mol. The van der Waals surface area contributed by atoms with Crippen LogP contribution in [0.4, 0.5) is 0 Å². The van der Waals surface area contributed by atoms with E-state index in [4.69, 9.17) is 0 Å². The maximum atomic E-state index is 12.4. The zero-order valence-corrected chi connectivity index (χ0v) is 14.3. The summed E-state index contributed by atoms with van der Waals surface area (Å²) in [5, 5.41) is 8.79. The van der Waals surface area contributed by atoms with Crippen LogP contribution >= 0.6 is 0 Å². The van der Waals surface area contributed by atoms with Crippen molar-refractivity contribution in [3.05, 3.63) is 54.4 Å². The van der Waals surface area contributed by atoms with E-state index in [0.717, 1.165) is 16.7 Å². The lowest BCUT2D eigenvalue weighted by Crippen LogP contribution is -2.59. The minimum atomic E-state index is -0.499. The fourth-order valence-corrected chi connectivity index (χ4v) is 2.95. The van der Waals surface area contributed by atoms with Gasteiger partial charge in [-0.05, 0) is 36.6 Å². The van der Waals surface area contributed by atoms with Crippen LogP contribution in [0.1, 0.15) is 31.9 Å². The van der Waals surface area contributed by atoms with Crippen molar-refractivity contribution in [2.75, 3.05) is 0 Å². The minimum absolute atomic E-state index is 0.111. The SMILES string of the molecule is CC1NC(=O)CC(C(=O)N[C@H](C)c2ccc(-c3cccnc3)cc2)N1. The van der Waals surface area contributed by atoms with Crippen molar-refractivity contribution in [1.82, 2.24) is 20.9 Å². The van der Waals surface area contributed by atoms with Gasteiger partial charge < -0.3 is 10.6 Å². The van der Waals surface area contributed by atoms with Gasteiger partial charge in [0.1, 0.15) is 0 Å². The van der Waals surface area contributed by atoms with Crippen molar-refractivity contribution in [3.63, 3.8) is 0 Å². The largest absolute Gasteiger partial charge is 0.348 e. The topological polar surface area (TPSA) is 83.1 Å². The molecule has 3 rings (SSSR count). The Bertz CT molecular complexity index is 746. The number of nitrogens with zero attached hydrogens (tertiary/aromatic N) is 1. The highest BCUT2D eigenvalue weighted by Gasteiger charge is 2.29. The third-order valence-corrected chi connectivity index (χ3v) is 4.30. The van der Waals surface area contributed by atoms with Gasteiger partial charge in [0.2, 0.25) is 11.8 Å². The molecule has 2 aromatic rings. The average molecular weight is 338 g/mol. The molecule has 0 aliphatic carbocycles. The predicted molar refractivity (Wildman–Crippen MR) is 95.4 cm³/mol. The summed E-state index contributed by atoms with van der Waals surface area (Å²) in [5.41, 5.74) is 3.14. The van der Waals surface area contributed by atoms with Crippen LogP contribution in [-0.2, 0) is 9.59 Å². The molecule has 25 heavy (non-hydrogen) atoms. The van der Waals surface area contributed by atoms with Crippen molar-refractivity contribution in [2.45, 2.75) is 38.5 Å². The number of nitrogens with one attached hydrogen (secondary N) is 3. The zero-order chi connectivity index (χ0) is 17.8. The Morgan fingerprint density at radius 1 is 1.24 bits per heavy atom. The standard InChI is InChI=1S/C19H22N4O2/c1-12(21-19(25)17-10-18(24)23-13(2)22-17)14-5-7-15(8-6-14)16-4-3-9-20-11-16/h3-9,11-13,17,22H,10H2,1-2H3,(H,21,25)(H,23,24)/t12-,13?,17?/m1/s1. The monoisotopic (exact) mass is 338 g/mol. The molecule has 130 valence electrons. The van der Waals surface area contributed by atoms with Gasteiger partial charge in [0.15, 0.2) is 0 Å². The van der Waals surface area contributed by atoms with Gasteiger partial charge >= 0.3 is 0 Å². The number of hydrogen-bond acceptors (Lipinski definition) is 4. The van der Waals surface area contributed by atoms with Crippen molar-refractivity contribution in [2.24, 2.45) is 0 Å². The smallest absolute Gasteiger partial charge is 0.238 e. The molecule has 1 fully saturated rings. The number of hydrogen-bond donors (Lipinski definition) is 3. The fourth-order valence-electron chi connectivity index (χ4n) is 2.95. The van der Waals surface area contributed by atoms with Gasteiger partial charge in [-0.15, -0.1) is 0 Å². The third-order valence-electron chi connectivity index (χ3n) is 4.30. The molecule has 3 N–H and O–H groups in total. The van der Waals surface area contributed by atoms with Gasteiger partial charge in [-0.25, -0.2) is 0 Å². The van der Waals surface area contributed by atoms with Gasteiger partial charge in [-0.1, -0.05) is 30.3 Å². The maximum absolute atomic E-state index is 12.4. The second-order valence-electron chi connectivity index (χ2n) is 6.31. The van der Waals surface area contributed by atoms with Gasteiger partial charge in [-0.3, -0.25) is 19.9 Å². The summed E-state index contributed by atoms with van der Waals surface area (Å²) in [6.45, 7) is 3.75. The number of carbonyl (C=O) groups excluding carboxylic acids is 2. The Morgan fingerprint density at radius 2 is 2.00 bits per heavy atom. The Labute approximate surface area is 147 Å². The number of amides is 2. The number of benzene rings is 1. The van der Waals surface area contributed by atoms with Crippen molar-refractivity contribution in [3.8, 4) is 11.1 Å². The first-order chi connectivity index (χ1) is 12.0. The molecule has 0 radical (unpaired) electrons. The number of rotatable bonds is 4. The number of aromatic nitrogens is 1. The fraction of sp³-hybridized carbons (Fsp3) is 0.316. The maximum Gasteiger partial charge on any atom is 0.238 e. The molecule has 6 nitrogen and oxygen atoms in total. The van der Waals surface area contributed by atoms with Crippen LogP contribution in [0.2, 0.25) is 0 Å². The summed E-state index contributed by atoms with van der Waals surface area (Å²) < 4.78 is 0. The van der Waals surface area contributed by atoms with Crippen LogP contribution in [0.25, 0.3) is 11.1 Å². The van der Waals surface area contributed by atoms with E-state index in [-0.39, 0.29) is 30.4 Å². The Hall–Kier alpha value is -2.73. The number of pyridine rings is 1. The Morgan fingerprint density at radius 3 is 2.64 bits per heavy atom.